The van der Waals surface area contributed by atoms with E-state index in [1.807, 2.05) is 0 Å². The highest BCUT2D eigenvalue weighted by Gasteiger charge is 2.18. The maximum Gasteiger partial charge on any atom is 0.197 e. The third-order valence-electron chi connectivity index (χ3n) is 2.86. The Morgan fingerprint density at radius 1 is 1.00 bits per heavy atom. The zero-order valence-corrected chi connectivity index (χ0v) is 11.2. The van der Waals surface area contributed by atoms with Crippen LogP contribution in [0.5, 0.6) is 0 Å². The predicted molar refractivity (Wildman–Crippen MR) is 70.7 cm³/mol. The predicted octanol–water partition coefficient (Wildman–Crippen LogP) is 4.47. The quantitative estimate of drug-likeness (QED) is 0.742. The summed E-state index contributed by atoms with van der Waals surface area (Å²) in [5.41, 5.74) is 1.10. The van der Waals surface area contributed by atoms with Crippen LogP contribution < -0.4 is 0 Å². The highest BCUT2D eigenvalue weighted by atomic mass is 35.5. The van der Waals surface area contributed by atoms with Gasteiger partial charge in [-0.15, -0.1) is 0 Å². The van der Waals surface area contributed by atoms with E-state index in [9.17, 15) is 13.6 Å². The van der Waals surface area contributed by atoms with Crippen molar-refractivity contribution >= 4 is 17.4 Å². The van der Waals surface area contributed by atoms with Gasteiger partial charge in [0.05, 0.1) is 10.6 Å². The van der Waals surface area contributed by atoms with E-state index in [0.29, 0.717) is 5.56 Å². The fraction of sp³-hybridized carbons (Fsp3) is 0.133. The van der Waals surface area contributed by atoms with Gasteiger partial charge in [-0.05, 0) is 43.7 Å². The summed E-state index contributed by atoms with van der Waals surface area (Å²) in [6, 6.07) is 6.66. The standard InChI is InChI=1S/C15H11ClF2O/c1-8-3-4-13(17)11(5-8)15(19)10-6-9(2)14(18)7-12(10)16/h3-7H,1-2H3. The van der Waals surface area contributed by atoms with Gasteiger partial charge in [0.15, 0.2) is 5.78 Å². The molecule has 0 saturated carbocycles. The molecule has 0 aliphatic carbocycles. The molecule has 2 aromatic rings. The van der Waals surface area contributed by atoms with Crippen LogP contribution >= 0.6 is 11.6 Å². The second-order valence-corrected chi connectivity index (χ2v) is 4.80. The first-order valence-corrected chi connectivity index (χ1v) is 6.04. The molecule has 4 heteroatoms. The van der Waals surface area contributed by atoms with Crippen molar-refractivity contribution in [2.24, 2.45) is 0 Å². The van der Waals surface area contributed by atoms with Gasteiger partial charge in [0.25, 0.3) is 0 Å². The number of ketones is 1. The average molecular weight is 281 g/mol. The number of carbonyl (C=O) groups is 1. The summed E-state index contributed by atoms with van der Waals surface area (Å²) in [6.07, 6.45) is 0. The molecule has 0 N–H and O–H groups in total. The number of hydrogen-bond donors (Lipinski definition) is 0. The summed E-state index contributed by atoms with van der Waals surface area (Å²) < 4.78 is 27.0. The molecule has 0 aliphatic heterocycles. The molecule has 1 nitrogen and oxygen atoms in total. The number of carbonyl (C=O) groups excluding carboxylic acids is 1. The van der Waals surface area contributed by atoms with Gasteiger partial charge in [-0.3, -0.25) is 4.79 Å². The number of rotatable bonds is 2. The molecule has 0 aliphatic rings. The van der Waals surface area contributed by atoms with Crippen LogP contribution in [0.3, 0.4) is 0 Å². The van der Waals surface area contributed by atoms with Crippen molar-refractivity contribution in [2.75, 3.05) is 0 Å². The van der Waals surface area contributed by atoms with Gasteiger partial charge in [0.1, 0.15) is 11.6 Å². The lowest BCUT2D eigenvalue weighted by atomic mass is 9.99. The normalized spacial score (nSPS) is 10.6. The summed E-state index contributed by atoms with van der Waals surface area (Å²) in [5, 5.41) is -0.0194. The van der Waals surface area contributed by atoms with Crippen molar-refractivity contribution in [3.8, 4) is 0 Å². The van der Waals surface area contributed by atoms with E-state index in [4.69, 9.17) is 11.6 Å². The van der Waals surface area contributed by atoms with E-state index in [-0.39, 0.29) is 16.1 Å². The number of benzene rings is 2. The Kier molecular flexibility index (Phi) is 3.67. The Bertz CT molecular complexity index is 665. The molecule has 0 spiro atoms. The molecule has 0 radical (unpaired) electrons. The lowest BCUT2D eigenvalue weighted by Crippen LogP contribution is -2.06. The van der Waals surface area contributed by atoms with Gasteiger partial charge < -0.3 is 0 Å². The van der Waals surface area contributed by atoms with Crippen molar-refractivity contribution in [3.63, 3.8) is 0 Å². The molecule has 0 fully saturated rings. The van der Waals surface area contributed by atoms with Crippen molar-refractivity contribution in [2.45, 2.75) is 13.8 Å². The van der Waals surface area contributed by atoms with Gasteiger partial charge >= 0.3 is 0 Å². The topological polar surface area (TPSA) is 17.1 Å². The van der Waals surface area contributed by atoms with Gasteiger partial charge in [-0.25, -0.2) is 8.78 Å². The number of aryl methyl sites for hydroxylation is 2. The molecule has 0 aromatic heterocycles. The fourth-order valence-electron chi connectivity index (χ4n) is 1.79. The van der Waals surface area contributed by atoms with Crippen LogP contribution in [0.25, 0.3) is 0 Å². The zero-order valence-electron chi connectivity index (χ0n) is 10.4. The smallest absolute Gasteiger partial charge is 0.197 e. The molecule has 0 unspecified atom stereocenters. The number of hydrogen-bond acceptors (Lipinski definition) is 1. The van der Waals surface area contributed by atoms with Crippen molar-refractivity contribution < 1.29 is 13.6 Å². The van der Waals surface area contributed by atoms with Gasteiger partial charge in [0, 0.05) is 5.56 Å². The minimum atomic E-state index is -0.617. The molecule has 0 bridgehead atoms. The summed E-state index contributed by atoms with van der Waals surface area (Å²) >= 11 is 5.86. The van der Waals surface area contributed by atoms with Crippen LogP contribution in [0.4, 0.5) is 8.78 Å². The third kappa shape index (κ3) is 2.66. The monoisotopic (exact) mass is 280 g/mol. The van der Waals surface area contributed by atoms with E-state index in [1.54, 1.807) is 13.0 Å². The third-order valence-corrected chi connectivity index (χ3v) is 3.17. The lowest BCUT2D eigenvalue weighted by molar-refractivity contribution is 0.103. The second-order valence-electron chi connectivity index (χ2n) is 4.39. The molecule has 98 valence electrons. The Labute approximate surface area is 114 Å². The van der Waals surface area contributed by atoms with Crippen LogP contribution in [0, 0.1) is 25.5 Å². The SMILES string of the molecule is Cc1ccc(F)c(C(=O)c2cc(C)c(F)cc2Cl)c1. The summed E-state index contributed by atoms with van der Waals surface area (Å²) in [7, 11) is 0. The van der Waals surface area contributed by atoms with Gasteiger partial charge in [-0.1, -0.05) is 23.2 Å². The summed E-state index contributed by atoms with van der Waals surface area (Å²) in [6.45, 7) is 3.28. The Balaban J connectivity index is 2.56. The Morgan fingerprint density at radius 2 is 1.68 bits per heavy atom. The molecule has 0 atom stereocenters. The molecule has 0 saturated heterocycles. The Hall–Kier alpha value is -1.74. The van der Waals surface area contributed by atoms with Crippen molar-refractivity contribution in [3.05, 3.63) is 69.2 Å². The van der Waals surface area contributed by atoms with Crippen LogP contribution in [0.15, 0.2) is 30.3 Å². The van der Waals surface area contributed by atoms with E-state index in [2.05, 4.69) is 0 Å². The maximum absolute atomic E-state index is 13.7. The summed E-state index contributed by atoms with van der Waals surface area (Å²) in [5.74, 6) is -1.66. The minimum absolute atomic E-state index is 0.0194. The van der Waals surface area contributed by atoms with Gasteiger partial charge in [0.2, 0.25) is 0 Å². The molecule has 19 heavy (non-hydrogen) atoms. The van der Waals surface area contributed by atoms with Crippen molar-refractivity contribution in [1.29, 1.82) is 0 Å². The Morgan fingerprint density at radius 3 is 2.37 bits per heavy atom. The van der Waals surface area contributed by atoms with Crippen molar-refractivity contribution in [1.82, 2.24) is 0 Å². The number of halogens is 3. The van der Waals surface area contributed by atoms with Gasteiger partial charge in [-0.2, -0.15) is 0 Å². The highest BCUT2D eigenvalue weighted by Crippen LogP contribution is 2.24. The second kappa shape index (κ2) is 5.10. The van der Waals surface area contributed by atoms with E-state index in [1.165, 1.54) is 25.1 Å². The molecule has 0 heterocycles. The largest absolute Gasteiger partial charge is 0.288 e. The van der Waals surface area contributed by atoms with E-state index < -0.39 is 17.4 Å². The van der Waals surface area contributed by atoms with E-state index >= 15 is 0 Å². The molecule has 0 amide bonds. The zero-order chi connectivity index (χ0) is 14.2. The first kappa shape index (κ1) is 13.7. The molecule has 2 aromatic carbocycles. The van der Waals surface area contributed by atoms with Crippen LogP contribution in [-0.4, -0.2) is 5.78 Å². The molecular weight excluding hydrogens is 270 g/mol. The molecule has 2 rings (SSSR count). The summed E-state index contributed by atoms with van der Waals surface area (Å²) in [4.78, 5) is 12.3. The highest BCUT2D eigenvalue weighted by molar-refractivity contribution is 6.35. The minimum Gasteiger partial charge on any atom is -0.288 e. The lowest BCUT2D eigenvalue weighted by Gasteiger charge is -2.07. The first-order chi connectivity index (χ1) is 8.90. The first-order valence-electron chi connectivity index (χ1n) is 5.66. The average Bonchev–Trinajstić information content (AvgIpc) is 2.36. The van der Waals surface area contributed by atoms with Crippen LogP contribution in [0.1, 0.15) is 27.0 Å². The van der Waals surface area contributed by atoms with Crippen LogP contribution in [0.2, 0.25) is 5.02 Å². The van der Waals surface area contributed by atoms with Crippen LogP contribution in [-0.2, 0) is 0 Å². The maximum atomic E-state index is 13.7. The van der Waals surface area contributed by atoms with E-state index in [0.717, 1.165) is 11.6 Å². The molecular formula is C15H11ClF2O. The fourth-order valence-corrected chi connectivity index (χ4v) is 2.03.